The zero-order chi connectivity index (χ0) is 16.0. The molecule has 0 heterocycles. The van der Waals surface area contributed by atoms with Crippen molar-refractivity contribution in [1.82, 2.24) is 4.90 Å². The second kappa shape index (κ2) is 7.42. The highest BCUT2D eigenvalue weighted by Gasteiger charge is 2.29. The minimum atomic E-state index is -4.22. The summed E-state index contributed by atoms with van der Waals surface area (Å²) in [5.74, 6) is -0.353. The van der Waals surface area contributed by atoms with Crippen LogP contribution in [-0.4, -0.2) is 36.6 Å². The molecule has 21 heavy (non-hydrogen) atoms. The van der Waals surface area contributed by atoms with Crippen LogP contribution in [0.15, 0.2) is 24.3 Å². The molecule has 0 aliphatic heterocycles. The number of amides is 1. The Labute approximate surface area is 122 Å². The molecule has 0 saturated heterocycles. The Kier molecular flexibility index (Phi) is 6.17. The van der Waals surface area contributed by atoms with Crippen LogP contribution in [0.1, 0.15) is 18.9 Å². The standard InChI is InChI=1S/C14H20F3N3O/c1-10(20(2)7-6-14(15,16)17)13(21)19-12-5-3-4-11(8-12)9-18/h3-5,8,10H,6-7,9,18H2,1-2H3,(H,19,21). The second-order valence-corrected chi connectivity index (χ2v) is 4.92. The van der Waals surface area contributed by atoms with Crippen molar-refractivity contribution >= 4 is 11.6 Å². The van der Waals surface area contributed by atoms with Crippen molar-refractivity contribution in [3.05, 3.63) is 29.8 Å². The number of nitrogens with zero attached hydrogens (tertiary/aromatic N) is 1. The number of carbonyl (C=O) groups is 1. The van der Waals surface area contributed by atoms with Gasteiger partial charge in [0.1, 0.15) is 0 Å². The molecule has 7 heteroatoms. The number of hydrogen-bond acceptors (Lipinski definition) is 3. The first kappa shape index (κ1) is 17.5. The Morgan fingerprint density at radius 1 is 1.43 bits per heavy atom. The summed E-state index contributed by atoms with van der Waals surface area (Å²) in [5, 5.41) is 2.68. The number of nitrogens with two attached hydrogens (primary N) is 1. The number of hydrogen-bond donors (Lipinski definition) is 2. The molecule has 4 nitrogen and oxygen atoms in total. The highest BCUT2D eigenvalue weighted by Crippen LogP contribution is 2.20. The third-order valence-corrected chi connectivity index (χ3v) is 3.22. The van der Waals surface area contributed by atoms with Crippen LogP contribution in [0, 0.1) is 0 Å². The molecule has 1 amide bonds. The molecule has 0 fully saturated rings. The van der Waals surface area contributed by atoms with Crippen LogP contribution in [0.25, 0.3) is 0 Å². The maximum Gasteiger partial charge on any atom is 0.390 e. The van der Waals surface area contributed by atoms with E-state index in [1.165, 1.54) is 11.9 Å². The molecule has 0 aromatic heterocycles. The van der Waals surface area contributed by atoms with E-state index < -0.39 is 18.6 Å². The van der Waals surface area contributed by atoms with Gasteiger partial charge in [-0.25, -0.2) is 0 Å². The van der Waals surface area contributed by atoms with Crippen molar-refractivity contribution in [1.29, 1.82) is 0 Å². The number of carbonyl (C=O) groups excluding carboxylic acids is 1. The molecule has 0 radical (unpaired) electrons. The van der Waals surface area contributed by atoms with Gasteiger partial charge in [-0.1, -0.05) is 12.1 Å². The number of halogens is 3. The Hall–Kier alpha value is -1.60. The normalized spacial score (nSPS) is 13.3. The highest BCUT2D eigenvalue weighted by atomic mass is 19.4. The lowest BCUT2D eigenvalue weighted by atomic mass is 10.2. The van der Waals surface area contributed by atoms with Crippen LogP contribution in [0.4, 0.5) is 18.9 Å². The lowest BCUT2D eigenvalue weighted by molar-refractivity contribution is -0.140. The zero-order valence-electron chi connectivity index (χ0n) is 12.1. The predicted octanol–water partition coefficient (Wildman–Crippen LogP) is 2.36. The van der Waals surface area contributed by atoms with E-state index in [0.717, 1.165) is 5.56 Å². The van der Waals surface area contributed by atoms with Gasteiger partial charge < -0.3 is 11.1 Å². The lowest BCUT2D eigenvalue weighted by Crippen LogP contribution is -2.41. The monoisotopic (exact) mass is 303 g/mol. The summed E-state index contributed by atoms with van der Waals surface area (Å²) in [6.45, 7) is 1.70. The maximum absolute atomic E-state index is 12.2. The van der Waals surface area contributed by atoms with E-state index in [-0.39, 0.29) is 12.5 Å². The van der Waals surface area contributed by atoms with Crippen molar-refractivity contribution in [2.45, 2.75) is 32.1 Å². The summed E-state index contributed by atoms with van der Waals surface area (Å²) in [6, 6.07) is 6.37. The van der Waals surface area contributed by atoms with E-state index in [4.69, 9.17) is 5.73 Å². The Bertz CT molecular complexity index is 477. The Morgan fingerprint density at radius 2 is 2.10 bits per heavy atom. The zero-order valence-corrected chi connectivity index (χ0v) is 12.1. The van der Waals surface area contributed by atoms with Gasteiger partial charge in [0.2, 0.25) is 5.91 Å². The average molecular weight is 303 g/mol. The van der Waals surface area contributed by atoms with Gasteiger partial charge >= 0.3 is 6.18 Å². The molecule has 0 bridgehead atoms. The van der Waals surface area contributed by atoms with Crippen LogP contribution in [0.3, 0.4) is 0 Å². The maximum atomic E-state index is 12.2. The SMILES string of the molecule is CC(C(=O)Nc1cccc(CN)c1)N(C)CCC(F)(F)F. The van der Waals surface area contributed by atoms with Gasteiger partial charge in [0, 0.05) is 18.8 Å². The van der Waals surface area contributed by atoms with Gasteiger partial charge in [-0.05, 0) is 31.7 Å². The molecule has 1 atom stereocenters. The Balaban J connectivity index is 2.57. The van der Waals surface area contributed by atoms with Crippen LogP contribution < -0.4 is 11.1 Å². The second-order valence-electron chi connectivity index (χ2n) is 4.92. The van der Waals surface area contributed by atoms with E-state index in [1.54, 1.807) is 25.1 Å². The minimum Gasteiger partial charge on any atom is -0.326 e. The van der Waals surface area contributed by atoms with Crippen molar-refractivity contribution in [3.8, 4) is 0 Å². The smallest absolute Gasteiger partial charge is 0.326 e. The van der Waals surface area contributed by atoms with Gasteiger partial charge in [-0.3, -0.25) is 9.69 Å². The molecule has 0 spiro atoms. The molecule has 1 unspecified atom stereocenters. The molecular weight excluding hydrogens is 283 g/mol. The summed E-state index contributed by atoms with van der Waals surface area (Å²) in [4.78, 5) is 13.4. The first-order valence-electron chi connectivity index (χ1n) is 6.60. The molecular formula is C14H20F3N3O. The molecule has 1 aromatic rings. The largest absolute Gasteiger partial charge is 0.390 e. The molecule has 3 N–H and O–H groups in total. The number of anilines is 1. The number of likely N-dealkylation sites (N-methyl/N-ethyl adjacent to an activating group) is 1. The van der Waals surface area contributed by atoms with E-state index in [2.05, 4.69) is 5.32 Å². The molecule has 118 valence electrons. The average Bonchev–Trinajstić information content (AvgIpc) is 2.43. The summed E-state index contributed by atoms with van der Waals surface area (Å²) in [7, 11) is 1.49. The van der Waals surface area contributed by atoms with E-state index in [1.807, 2.05) is 6.07 Å². The quantitative estimate of drug-likeness (QED) is 0.848. The number of nitrogens with one attached hydrogen (secondary N) is 1. The molecule has 1 rings (SSSR count). The third kappa shape index (κ3) is 6.14. The van der Waals surface area contributed by atoms with Crippen LogP contribution in [0.5, 0.6) is 0 Å². The fourth-order valence-electron chi connectivity index (χ4n) is 1.72. The van der Waals surface area contributed by atoms with Gasteiger partial charge in [0.05, 0.1) is 12.5 Å². The fourth-order valence-corrected chi connectivity index (χ4v) is 1.72. The third-order valence-electron chi connectivity index (χ3n) is 3.22. The van der Waals surface area contributed by atoms with Gasteiger partial charge in [0.15, 0.2) is 0 Å². The van der Waals surface area contributed by atoms with E-state index in [0.29, 0.717) is 12.2 Å². The summed E-state index contributed by atoms with van der Waals surface area (Å²) in [5.41, 5.74) is 6.96. The van der Waals surface area contributed by atoms with Crippen molar-refractivity contribution < 1.29 is 18.0 Å². The lowest BCUT2D eigenvalue weighted by Gasteiger charge is -2.24. The van der Waals surface area contributed by atoms with Crippen molar-refractivity contribution in [2.24, 2.45) is 5.73 Å². The first-order chi connectivity index (χ1) is 9.73. The first-order valence-corrected chi connectivity index (χ1v) is 6.60. The molecule has 0 saturated carbocycles. The minimum absolute atomic E-state index is 0.221. The summed E-state index contributed by atoms with van der Waals surface area (Å²) < 4.78 is 36.5. The fraction of sp³-hybridized carbons (Fsp3) is 0.500. The van der Waals surface area contributed by atoms with Crippen molar-refractivity contribution in [3.63, 3.8) is 0 Å². The van der Waals surface area contributed by atoms with Gasteiger partial charge in [-0.15, -0.1) is 0 Å². The highest BCUT2D eigenvalue weighted by molar-refractivity contribution is 5.94. The predicted molar refractivity (Wildman–Crippen MR) is 75.7 cm³/mol. The van der Waals surface area contributed by atoms with Gasteiger partial charge in [0.25, 0.3) is 0 Å². The topological polar surface area (TPSA) is 58.4 Å². The molecule has 1 aromatic carbocycles. The number of rotatable bonds is 6. The molecule has 0 aliphatic rings. The van der Waals surface area contributed by atoms with Crippen LogP contribution >= 0.6 is 0 Å². The number of benzene rings is 1. The van der Waals surface area contributed by atoms with Crippen LogP contribution in [-0.2, 0) is 11.3 Å². The summed E-state index contributed by atoms with van der Waals surface area (Å²) >= 11 is 0. The Morgan fingerprint density at radius 3 is 2.67 bits per heavy atom. The number of alkyl halides is 3. The molecule has 0 aliphatic carbocycles. The van der Waals surface area contributed by atoms with E-state index in [9.17, 15) is 18.0 Å². The van der Waals surface area contributed by atoms with Gasteiger partial charge in [-0.2, -0.15) is 13.2 Å². The summed E-state index contributed by atoms with van der Waals surface area (Å²) in [6.07, 6.45) is -5.16. The van der Waals surface area contributed by atoms with Crippen LogP contribution in [0.2, 0.25) is 0 Å². The van der Waals surface area contributed by atoms with Crippen molar-refractivity contribution in [2.75, 3.05) is 18.9 Å². The van der Waals surface area contributed by atoms with E-state index >= 15 is 0 Å².